The fourth-order valence-electron chi connectivity index (χ4n) is 3.87. The molecule has 2 N–H and O–H groups in total. The van der Waals surface area contributed by atoms with Gasteiger partial charge in [0.15, 0.2) is 0 Å². The van der Waals surface area contributed by atoms with E-state index >= 15 is 0 Å². The predicted molar refractivity (Wildman–Crippen MR) is 111 cm³/mol. The van der Waals surface area contributed by atoms with E-state index < -0.39 is 11.2 Å². The van der Waals surface area contributed by atoms with Crippen LogP contribution in [0.5, 0.6) is 5.75 Å². The summed E-state index contributed by atoms with van der Waals surface area (Å²) in [6.45, 7) is 0. The molecule has 2 aliphatic rings. The minimum Gasteiger partial charge on any atom is -0.497 e. The van der Waals surface area contributed by atoms with E-state index in [2.05, 4.69) is 15.3 Å². The van der Waals surface area contributed by atoms with Crippen LogP contribution in [0.25, 0.3) is 11.0 Å². The number of carbonyl (C=O) groups is 1. The number of hydrogen-bond donors (Lipinski definition) is 2. The van der Waals surface area contributed by atoms with Crippen molar-refractivity contribution >= 4 is 16.9 Å². The third-order valence-electron chi connectivity index (χ3n) is 5.81. The monoisotopic (exact) mass is 406 g/mol. The quantitative estimate of drug-likeness (QED) is 0.653. The Morgan fingerprint density at radius 2 is 1.93 bits per heavy atom. The van der Waals surface area contributed by atoms with Crippen molar-refractivity contribution in [3.8, 4) is 5.75 Å². The molecule has 1 amide bonds. The summed E-state index contributed by atoms with van der Waals surface area (Å²) in [6.07, 6.45) is 5.32. The standard InChI is InChI=1S/C22H22N4O4/c1-30-16-8-4-13(5-9-16)18(12-2-3-12)24-20(27)14-10-17-19(23-11-14)26(15-6-7-15)22(29)25-21(17)28/h4-5,8-12,15,18H,2-3,6-7H2,1H3,(H,24,27)(H,25,28,29)/t18-/m1/s1. The normalized spacial score (nSPS) is 17.0. The van der Waals surface area contributed by atoms with Crippen molar-refractivity contribution in [2.45, 2.75) is 37.8 Å². The van der Waals surface area contributed by atoms with Crippen molar-refractivity contribution in [3.05, 3.63) is 68.5 Å². The number of amides is 1. The molecule has 30 heavy (non-hydrogen) atoms. The van der Waals surface area contributed by atoms with Crippen LogP contribution in [-0.4, -0.2) is 27.6 Å². The first-order valence-corrected chi connectivity index (χ1v) is 10.1. The fourth-order valence-corrected chi connectivity index (χ4v) is 3.87. The van der Waals surface area contributed by atoms with Crippen LogP contribution in [0.1, 0.15) is 53.7 Å². The highest BCUT2D eigenvalue weighted by molar-refractivity contribution is 5.97. The summed E-state index contributed by atoms with van der Waals surface area (Å²) in [7, 11) is 1.62. The Bertz CT molecular complexity index is 1240. The van der Waals surface area contributed by atoms with Gasteiger partial charge >= 0.3 is 5.69 Å². The smallest absolute Gasteiger partial charge is 0.330 e. The number of carbonyl (C=O) groups excluding carboxylic acids is 1. The number of aromatic nitrogens is 3. The Balaban J connectivity index is 1.46. The Hall–Kier alpha value is -3.42. The highest BCUT2D eigenvalue weighted by Gasteiger charge is 2.34. The zero-order valence-corrected chi connectivity index (χ0v) is 16.6. The number of nitrogens with zero attached hydrogens (tertiary/aromatic N) is 2. The maximum Gasteiger partial charge on any atom is 0.330 e. The number of pyridine rings is 1. The fraction of sp³-hybridized carbons (Fsp3) is 0.364. The Morgan fingerprint density at radius 3 is 2.57 bits per heavy atom. The molecular formula is C22H22N4O4. The number of aromatic amines is 1. The summed E-state index contributed by atoms with van der Waals surface area (Å²) in [5.74, 6) is 0.860. The van der Waals surface area contributed by atoms with E-state index in [1.165, 1.54) is 16.8 Å². The number of H-pyrrole nitrogens is 1. The molecule has 0 unspecified atom stereocenters. The lowest BCUT2D eigenvalue weighted by Crippen LogP contribution is -2.32. The number of nitrogens with one attached hydrogen (secondary N) is 2. The van der Waals surface area contributed by atoms with Crippen molar-refractivity contribution < 1.29 is 9.53 Å². The SMILES string of the molecule is COc1ccc([C@H](NC(=O)c2cnc3c(c2)c(=O)[nH]c(=O)n3C2CC2)C2CC2)cc1. The second kappa shape index (κ2) is 7.12. The van der Waals surface area contributed by atoms with Gasteiger partial charge in [0.05, 0.1) is 24.1 Å². The molecule has 0 radical (unpaired) electrons. The molecule has 2 saturated carbocycles. The molecule has 2 aliphatic carbocycles. The van der Waals surface area contributed by atoms with E-state index in [4.69, 9.17) is 4.74 Å². The summed E-state index contributed by atoms with van der Waals surface area (Å²) in [5.41, 5.74) is 0.668. The zero-order valence-electron chi connectivity index (χ0n) is 16.6. The maximum absolute atomic E-state index is 13.0. The number of hydrogen-bond acceptors (Lipinski definition) is 5. The Morgan fingerprint density at radius 1 is 1.20 bits per heavy atom. The van der Waals surface area contributed by atoms with Crippen LogP contribution in [0.2, 0.25) is 0 Å². The third kappa shape index (κ3) is 3.38. The van der Waals surface area contributed by atoms with Gasteiger partial charge < -0.3 is 10.1 Å². The van der Waals surface area contributed by atoms with Gasteiger partial charge in [0.25, 0.3) is 11.5 Å². The molecule has 8 nitrogen and oxygen atoms in total. The zero-order chi connectivity index (χ0) is 20.8. The minimum absolute atomic E-state index is 0.0679. The maximum atomic E-state index is 13.0. The van der Waals surface area contributed by atoms with Crippen molar-refractivity contribution in [2.24, 2.45) is 5.92 Å². The molecule has 0 spiro atoms. The number of rotatable bonds is 6. The van der Waals surface area contributed by atoms with Gasteiger partial charge in [0, 0.05) is 12.2 Å². The number of methoxy groups -OCH3 is 1. The molecule has 0 aliphatic heterocycles. The summed E-state index contributed by atoms with van der Waals surface area (Å²) < 4.78 is 6.73. The average molecular weight is 406 g/mol. The molecule has 0 saturated heterocycles. The first-order chi connectivity index (χ1) is 14.5. The van der Waals surface area contributed by atoms with E-state index in [-0.39, 0.29) is 23.4 Å². The van der Waals surface area contributed by atoms with E-state index in [0.717, 1.165) is 37.0 Å². The van der Waals surface area contributed by atoms with E-state index in [1.54, 1.807) is 7.11 Å². The van der Waals surface area contributed by atoms with Crippen LogP contribution in [0.3, 0.4) is 0 Å². The second-order valence-corrected chi connectivity index (χ2v) is 8.02. The lowest BCUT2D eigenvalue weighted by Gasteiger charge is -2.19. The van der Waals surface area contributed by atoms with Crippen molar-refractivity contribution in [3.63, 3.8) is 0 Å². The van der Waals surface area contributed by atoms with Gasteiger partial charge in [0.1, 0.15) is 11.4 Å². The molecule has 2 aromatic heterocycles. The van der Waals surface area contributed by atoms with Crippen LogP contribution in [0.15, 0.2) is 46.1 Å². The van der Waals surface area contributed by atoms with E-state index in [0.29, 0.717) is 17.1 Å². The van der Waals surface area contributed by atoms with Crippen molar-refractivity contribution in [2.75, 3.05) is 7.11 Å². The molecule has 5 rings (SSSR count). The van der Waals surface area contributed by atoms with Crippen LogP contribution in [0, 0.1) is 5.92 Å². The van der Waals surface area contributed by atoms with Crippen molar-refractivity contribution in [1.29, 1.82) is 0 Å². The van der Waals surface area contributed by atoms with Gasteiger partial charge in [-0.25, -0.2) is 9.78 Å². The number of fused-ring (bicyclic) bond motifs is 1. The van der Waals surface area contributed by atoms with Gasteiger partial charge in [-0.05, 0) is 55.4 Å². The third-order valence-corrected chi connectivity index (χ3v) is 5.81. The highest BCUT2D eigenvalue weighted by Crippen LogP contribution is 2.41. The van der Waals surface area contributed by atoms with Crippen LogP contribution in [-0.2, 0) is 0 Å². The van der Waals surface area contributed by atoms with Crippen molar-refractivity contribution in [1.82, 2.24) is 19.9 Å². The first kappa shape index (κ1) is 18.6. The van der Waals surface area contributed by atoms with Gasteiger partial charge in [-0.2, -0.15) is 0 Å². The molecule has 154 valence electrons. The summed E-state index contributed by atoms with van der Waals surface area (Å²) in [5, 5.41) is 3.35. The summed E-state index contributed by atoms with van der Waals surface area (Å²) in [4.78, 5) is 44.1. The van der Waals surface area contributed by atoms with Gasteiger partial charge in [-0.3, -0.25) is 19.1 Å². The number of benzene rings is 1. The summed E-state index contributed by atoms with van der Waals surface area (Å²) in [6, 6.07) is 9.15. The topological polar surface area (TPSA) is 106 Å². The second-order valence-electron chi connectivity index (χ2n) is 8.02. The average Bonchev–Trinajstić information content (AvgIpc) is 3.66. The lowest BCUT2D eigenvalue weighted by molar-refractivity contribution is 0.0931. The molecule has 3 aromatic rings. The van der Waals surface area contributed by atoms with Gasteiger partial charge in [-0.15, -0.1) is 0 Å². The Kier molecular flexibility index (Phi) is 4.42. The van der Waals surface area contributed by atoms with Gasteiger partial charge in [-0.1, -0.05) is 12.1 Å². The molecule has 2 fully saturated rings. The Labute approximate surface area is 171 Å². The molecular weight excluding hydrogens is 384 g/mol. The molecule has 1 atom stereocenters. The predicted octanol–water partition coefficient (Wildman–Crippen LogP) is 2.31. The van der Waals surface area contributed by atoms with Gasteiger partial charge in [0.2, 0.25) is 0 Å². The first-order valence-electron chi connectivity index (χ1n) is 10.1. The largest absolute Gasteiger partial charge is 0.497 e. The van der Waals surface area contributed by atoms with E-state index in [1.807, 2.05) is 24.3 Å². The lowest BCUT2D eigenvalue weighted by atomic mass is 10.0. The van der Waals surface area contributed by atoms with Crippen LogP contribution in [0.4, 0.5) is 0 Å². The minimum atomic E-state index is -0.525. The molecule has 8 heteroatoms. The molecule has 1 aromatic carbocycles. The molecule has 2 heterocycles. The van der Waals surface area contributed by atoms with E-state index in [9.17, 15) is 14.4 Å². The number of ether oxygens (including phenoxy) is 1. The van der Waals surface area contributed by atoms with Crippen LogP contribution >= 0.6 is 0 Å². The molecule has 0 bridgehead atoms. The van der Waals surface area contributed by atoms with Crippen LogP contribution < -0.4 is 21.3 Å². The summed E-state index contributed by atoms with van der Waals surface area (Å²) >= 11 is 0. The highest BCUT2D eigenvalue weighted by atomic mass is 16.5.